The van der Waals surface area contributed by atoms with E-state index in [0.29, 0.717) is 25.7 Å². The van der Waals surface area contributed by atoms with Gasteiger partial charge in [-0.05, 0) is 77.4 Å². The molecule has 4 saturated heterocycles. The molecule has 5 aliphatic heterocycles. The molecule has 24 unspecified atom stereocenters. The van der Waals surface area contributed by atoms with E-state index in [0.717, 1.165) is 24.0 Å². The lowest BCUT2D eigenvalue weighted by Gasteiger charge is -2.49. The first-order valence-corrected chi connectivity index (χ1v) is 30.6. The van der Waals surface area contributed by atoms with Crippen LogP contribution in [0.5, 0.6) is 0 Å². The summed E-state index contributed by atoms with van der Waals surface area (Å²) in [5.74, 6) is -5.81. The van der Waals surface area contributed by atoms with Crippen LogP contribution in [0.25, 0.3) is 0 Å². The number of methoxy groups -OCH3 is 2. The first-order valence-electron chi connectivity index (χ1n) is 30.6. The monoisotopic (exact) mass is 1160 g/mol. The lowest BCUT2D eigenvalue weighted by Crippen LogP contribution is -2.56. The summed E-state index contributed by atoms with van der Waals surface area (Å²) in [5.41, 5.74) is 1.63. The van der Waals surface area contributed by atoms with Gasteiger partial charge in [0.25, 0.3) is 0 Å². The molecular formula is C64H104O18. The zero-order chi connectivity index (χ0) is 60.6. The largest absolute Gasteiger partial charge is 0.458 e. The molecule has 0 bridgehead atoms. The van der Waals surface area contributed by atoms with Crippen molar-refractivity contribution in [3.63, 3.8) is 0 Å². The van der Waals surface area contributed by atoms with Crippen molar-refractivity contribution >= 4 is 11.9 Å². The quantitative estimate of drug-likeness (QED) is 0.0627. The van der Waals surface area contributed by atoms with Crippen LogP contribution in [0.3, 0.4) is 0 Å². The molecule has 468 valence electrons. The molecule has 18 nitrogen and oxygen atoms in total. The molecule has 4 fully saturated rings. The second-order valence-corrected chi connectivity index (χ2v) is 23.7. The van der Waals surface area contributed by atoms with Gasteiger partial charge >= 0.3 is 11.9 Å². The van der Waals surface area contributed by atoms with E-state index in [1.165, 1.54) is 26.4 Å². The lowest BCUT2D eigenvalue weighted by molar-refractivity contribution is -0.337. The number of hydrogen-bond acceptors (Lipinski definition) is 18. The van der Waals surface area contributed by atoms with Crippen molar-refractivity contribution in [2.24, 2.45) is 35.5 Å². The zero-order valence-corrected chi connectivity index (χ0v) is 51.5. The van der Waals surface area contributed by atoms with E-state index in [4.69, 9.17) is 47.4 Å². The zero-order valence-electron chi connectivity index (χ0n) is 51.5. The Labute approximate surface area is 489 Å². The van der Waals surface area contributed by atoms with Gasteiger partial charge in [0.2, 0.25) is 0 Å². The molecule has 5 heterocycles. The summed E-state index contributed by atoms with van der Waals surface area (Å²) >= 11 is 0. The van der Waals surface area contributed by atoms with Gasteiger partial charge < -0.3 is 78.0 Å². The van der Waals surface area contributed by atoms with E-state index in [1.807, 2.05) is 106 Å². The van der Waals surface area contributed by atoms with Crippen LogP contribution in [0.1, 0.15) is 160 Å². The van der Waals surface area contributed by atoms with Gasteiger partial charge in [0.05, 0.1) is 61.0 Å². The van der Waals surface area contributed by atoms with E-state index < -0.39 is 121 Å². The molecule has 0 spiro atoms. The minimum atomic E-state index is -1.29. The Morgan fingerprint density at radius 3 is 1.23 bits per heavy atom. The third kappa shape index (κ3) is 18.4. The maximum absolute atomic E-state index is 14.0. The molecule has 0 aromatic heterocycles. The SMILES string of the molecule is CCC1=C\C=C\C(CC)C(C(C)C(O)CC2(OC)CC(OC3CC(O)C(O)C(C)O3)C(CC)C(C)O2)OC(=O)/C=C/C(CC)=C/C=C/C(CC)C(C(C)C(O)CC2(OC)CC(OC3CC(O)C(O)C(C)O3)C(CC)C(C)O2)OC(=O)\C=C\1. The van der Waals surface area contributed by atoms with Crippen molar-refractivity contribution < 1.29 is 87.6 Å². The summed E-state index contributed by atoms with van der Waals surface area (Å²) in [7, 11) is 3.08. The van der Waals surface area contributed by atoms with Crippen molar-refractivity contribution in [2.75, 3.05) is 14.2 Å². The molecule has 18 heteroatoms. The second kappa shape index (κ2) is 32.5. The number of carbonyl (C=O) groups is 2. The molecule has 5 rings (SSSR count). The second-order valence-electron chi connectivity index (χ2n) is 23.7. The first-order chi connectivity index (χ1) is 38.9. The third-order valence-corrected chi connectivity index (χ3v) is 18.3. The summed E-state index contributed by atoms with van der Waals surface area (Å²) in [4.78, 5) is 28.0. The molecule has 24 atom stereocenters. The number of aliphatic hydroxyl groups excluding tert-OH is 6. The Morgan fingerprint density at radius 1 is 0.561 bits per heavy atom. The highest BCUT2D eigenvalue weighted by Gasteiger charge is 2.52. The van der Waals surface area contributed by atoms with Crippen LogP contribution in [-0.4, -0.2) is 166 Å². The normalized spacial score (nSPS) is 42.8. The number of carbonyl (C=O) groups excluding carboxylic acids is 2. The summed E-state index contributed by atoms with van der Waals surface area (Å²) in [6.45, 7) is 23.0. The van der Waals surface area contributed by atoms with E-state index in [1.54, 1.807) is 26.0 Å². The fraction of sp³-hybridized carbons (Fsp3) is 0.781. The van der Waals surface area contributed by atoms with Crippen LogP contribution >= 0.6 is 0 Å². The molecule has 5 aliphatic rings. The van der Waals surface area contributed by atoms with Crippen molar-refractivity contribution in [1.82, 2.24) is 0 Å². The highest BCUT2D eigenvalue weighted by Crippen LogP contribution is 2.44. The standard InChI is InChI=1S/C64H104O18/c1-15-43-23-21-25-45(17-3)61(37(7)51(67)33-63(73-13)35-53(47(19-5)39(9)81-63)77-57-31-49(65)59(71)41(11)75-57)80-56(70)30-28-44(16-2)24-22-26-46(18-4)62(79-55(69)29-27-43)38(8)52(68)34-64(74-14)36-54(48(20-6)40(10)82-64)78-58-32-50(66)60(72)42(12)76-58/h21-30,37-42,45-54,57-62,65-68,71-72H,15-20,31-36H2,1-14H3/b25-21+,26-22+,29-27+,30-28+,43-23+,44-24+. The Balaban J connectivity index is 1.39. The van der Waals surface area contributed by atoms with E-state index in [-0.39, 0.29) is 74.4 Å². The van der Waals surface area contributed by atoms with Crippen LogP contribution in [0.2, 0.25) is 0 Å². The van der Waals surface area contributed by atoms with Gasteiger partial charge in [0.1, 0.15) is 24.4 Å². The first kappa shape index (κ1) is 69.6. The van der Waals surface area contributed by atoms with Gasteiger partial charge in [-0.15, -0.1) is 0 Å². The predicted octanol–water partition coefficient (Wildman–Crippen LogP) is 8.39. The van der Waals surface area contributed by atoms with Crippen LogP contribution in [0.15, 0.2) is 71.9 Å². The topological polar surface area (TPSA) is 248 Å². The van der Waals surface area contributed by atoms with Gasteiger partial charge in [0, 0.05) is 100 Å². The average Bonchev–Trinajstić information content (AvgIpc) is 2.83. The number of cyclic esters (lactones) is 2. The summed E-state index contributed by atoms with van der Waals surface area (Å²) in [6.07, 6.45) is 9.96. The molecule has 82 heavy (non-hydrogen) atoms. The molecule has 6 N–H and O–H groups in total. The number of esters is 2. The fourth-order valence-electron chi connectivity index (χ4n) is 12.8. The number of hydrogen-bond donors (Lipinski definition) is 6. The van der Waals surface area contributed by atoms with Crippen molar-refractivity contribution in [3.05, 3.63) is 71.9 Å². The number of rotatable bonds is 20. The number of ether oxygens (including phenoxy) is 10. The van der Waals surface area contributed by atoms with Crippen LogP contribution in [0.4, 0.5) is 0 Å². The third-order valence-electron chi connectivity index (χ3n) is 18.3. The lowest BCUT2D eigenvalue weighted by atomic mass is 9.80. The molecule has 0 saturated carbocycles. The summed E-state index contributed by atoms with van der Waals surface area (Å²) in [6, 6.07) is 0. The van der Waals surface area contributed by atoms with Crippen molar-refractivity contribution in [2.45, 2.75) is 270 Å². The van der Waals surface area contributed by atoms with Gasteiger partial charge in [-0.2, -0.15) is 0 Å². The van der Waals surface area contributed by atoms with E-state index >= 15 is 0 Å². The van der Waals surface area contributed by atoms with Crippen molar-refractivity contribution in [3.8, 4) is 0 Å². The van der Waals surface area contributed by atoms with Gasteiger partial charge in [0.15, 0.2) is 24.2 Å². The maximum Gasteiger partial charge on any atom is 0.331 e. The van der Waals surface area contributed by atoms with Gasteiger partial charge in [-0.1, -0.05) is 104 Å². The molecular weight excluding hydrogens is 1060 g/mol. The smallest absolute Gasteiger partial charge is 0.331 e. The minimum Gasteiger partial charge on any atom is -0.458 e. The van der Waals surface area contributed by atoms with Gasteiger partial charge in [-0.3, -0.25) is 0 Å². The molecule has 0 amide bonds. The van der Waals surface area contributed by atoms with Crippen molar-refractivity contribution in [1.29, 1.82) is 0 Å². The Bertz CT molecular complexity index is 1990. The maximum atomic E-state index is 14.0. The van der Waals surface area contributed by atoms with Crippen LogP contribution in [-0.2, 0) is 57.0 Å². The van der Waals surface area contributed by atoms with E-state index in [9.17, 15) is 40.2 Å². The highest BCUT2D eigenvalue weighted by atomic mass is 16.7. The highest BCUT2D eigenvalue weighted by molar-refractivity contribution is 5.83. The van der Waals surface area contributed by atoms with Crippen LogP contribution in [0, 0.1) is 35.5 Å². The fourth-order valence-corrected chi connectivity index (χ4v) is 12.8. The summed E-state index contributed by atoms with van der Waals surface area (Å²) in [5, 5.41) is 66.3. The molecule has 0 radical (unpaired) electrons. The number of aliphatic hydroxyl groups is 6. The molecule has 0 aliphatic carbocycles. The van der Waals surface area contributed by atoms with Crippen LogP contribution < -0.4 is 0 Å². The Morgan fingerprint density at radius 2 is 0.927 bits per heavy atom. The Kier molecular flexibility index (Phi) is 27.6. The number of allylic oxidation sites excluding steroid dienone is 8. The van der Waals surface area contributed by atoms with Gasteiger partial charge in [-0.25, -0.2) is 9.59 Å². The Hall–Kier alpha value is -3.18. The average molecular weight is 1160 g/mol. The molecule has 0 aromatic rings. The molecule has 0 aromatic carbocycles. The predicted molar refractivity (Wildman–Crippen MR) is 309 cm³/mol. The minimum absolute atomic E-state index is 0.0271. The van der Waals surface area contributed by atoms with E-state index in [2.05, 4.69) is 0 Å². The summed E-state index contributed by atoms with van der Waals surface area (Å²) < 4.78 is 63.3.